The maximum Gasteiger partial charge on any atom is 0.254 e. The van der Waals surface area contributed by atoms with Gasteiger partial charge >= 0.3 is 0 Å². The van der Waals surface area contributed by atoms with E-state index >= 15 is 0 Å². The van der Waals surface area contributed by atoms with Crippen molar-refractivity contribution < 1.29 is 14.4 Å². The van der Waals surface area contributed by atoms with E-state index in [1.165, 1.54) is 24.0 Å². The van der Waals surface area contributed by atoms with Crippen LogP contribution in [0.2, 0.25) is 0 Å². The first-order valence-corrected chi connectivity index (χ1v) is 10.3. The van der Waals surface area contributed by atoms with E-state index in [1.807, 2.05) is 12.1 Å². The van der Waals surface area contributed by atoms with Crippen LogP contribution in [0.25, 0.3) is 22.2 Å². The number of imide groups is 1. The Kier molecular flexibility index (Phi) is 4.58. The lowest BCUT2D eigenvalue weighted by molar-refractivity contribution is -0.134. The third-order valence-electron chi connectivity index (χ3n) is 6.01. The number of aryl methyl sites for hydroxylation is 2. The number of hydrogen-bond acceptors (Lipinski definition) is 4. The number of piperidine rings is 1. The maximum atomic E-state index is 12.9. The SMILES string of the molecule is O=C1CCC(NC(=O)c2cccc3c(-c4ccc5c(c4)CCCC5)n[nH]c23)C(=O)N1. The number of rotatable bonds is 3. The number of carbonyl (C=O) groups excluding carboxylic acids is 3. The molecular formula is C23H22N4O3. The van der Waals surface area contributed by atoms with Gasteiger partial charge in [0, 0.05) is 17.4 Å². The van der Waals surface area contributed by atoms with Crippen molar-refractivity contribution in [2.24, 2.45) is 0 Å². The Labute approximate surface area is 173 Å². The summed E-state index contributed by atoms with van der Waals surface area (Å²) in [6, 6.07) is 11.2. The van der Waals surface area contributed by atoms with E-state index in [-0.39, 0.29) is 18.2 Å². The first-order chi connectivity index (χ1) is 14.6. The normalized spacial score (nSPS) is 18.7. The van der Waals surface area contributed by atoms with E-state index in [1.54, 1.807) is 6.07 Å². The monoisotopic (exact) mass is 402 g/mol. The molecule has 2 aromatic carbocycles. The summed E-state index contributed by atoms with van der Waals surface area (Å²) in [5, 5.41) is 13.4. The zero-order valence-corrected chi connectivity index (χ0v) is 16.5. The second-order valence-electron chi connectivity index (χ2n) is 7.97. The van der Waals surface area contributed by atoms with E-state index in [9.17, 15) is 14.4 Å². The van der Waals surface area contributed by atoms with E-state index < -0.39 is 11.9 Å². The fourth-order valence-electron chi connectivity index (χ4n) is 4.40. The molecule has 7 heteroatoms. The molecule has 2 aliphatic rings. The molecule has 0 bridgehead atoms. The van der Waals surface area contributed by atoms with Crippen molar-refractivity contribution in [3.63, 3.8) is 0 Å². The number of aromatic nitrogens is 2. The predicted molar refractivity (Wildman–Crippen MR) is 112 cm³/mol. The number of benzene rings is 2. The van der Waals surface area contributed by atoms with Crippen LogP contribution in [-0.2, 0) is 22.4 Å². The number of aromatic amines is 1. The van der Waals surface area contributed by atoms with Gasteiger partial charge in [-0.25, -0.2) is 0 Å². The van der Waals surface area contributed by atoms with Crippen LogP contribution in [0.4, 0.5) is 0 Å². The van der Waals surface area contributed by atoms with Crippen LogP contribution < -0.4 is 10.6 Å². The van der Waals surface area contributed by atoms with Gasteiger partial charge in [-0.3, -0.25) is 24.8 Å². The second-order valence-corrected chi connectivity index (χ2v) is 7.97. The zero-order chi connectivity index (χ0) is 20.7. The molecule has 1 atom stereocenters. The molecule has 0 saturated carbocycles. The molecule has 5 rings (SSSR count). The molecule has 1 fully saturated rings. The zero-order valence-electron chi connectivity index (χ0n) is 16.5. The lowest BCUT2D eigenvalue weighted by Gasteiger charge is -2.21. The van der Waals surface area contributed by atoms with E-state index in [0.717, 1.165) is 29.5 Å². The van der Waals surface area contributed by atoms with Crippen LogP contribution in [0, 0.1) is 0 Å². The van der Waals surface area contributed by atoms with Crippen LogP contribution >= 0.6 is 0 Å². The minimum absolute atomic E-state index is 0.216. The number of nitrogens with zero attached hydrogens (tertiary/aromatic N) is 1. The lowest BCUT2D eigenvalue weighted by Crippen LogP contribution is -2.52. The van der Waals surface area contributed by atoms with Gasteiger partial charge in [-0.15, -0.1) is 0 Å². The average Bonchev–Trinajstić information content (AvgIpc) is 3.19. The van der Waals surface area contributed by atoms with Crippen molar-refractivity contribution in [1.29, 1.82) is 0 Å². The third-order valence-corrected chi connectivity index (χ3v) is 6.01. The molecule has 1 saturated heterocycles. The molecule has 1 aliphatic heterocycles. The number of amides is 3. The van der Waals surface area contributed by atoms with E-state index in [4.69, 9.17) is 0 Å². The van der Waals surface area contributed by atoms with Crippen LogP contribution in [0.5, 0.6) is 0 Å². The highest BCUT2D eigenvalue weighted by atomic mass is 16.2. The van der Waals surface area contributed by atoms with Gasteiger partial charge in [-0.1, -0.05) is 24.3 Å². The van der Waals surface area contributed by atoms with Gasteiger partial charge in [0.25, 0.3) is 5.91 Å². The van der Waals surface area contributed by atoms with Gasteiger partial charge in [0.2, 0.25) is 11.8 Å². The van der Waals surface area contributed by atoms with E-state index in [2.05, 4.69) is 39.0 Å². The molecule has 0 radical (unpaired) electrons. The van der Waals surface area contributed by atoms with Gasteiger partial charge in [0.05, 0.1) is 16.8 Å². The minimum atomic E-state index is -0.714. The largest absolute Gasteiger partial charge is 0.340 e. The minimum Gasteiger partial charge on any atom is -0.340 e. The highest BCUT2D eigenvalue weighted by Crippen LogP contribution is 2.31. The third kappa shape index (κ3) is 3.26. The Morgan fingerprint density at radius 2 is 1.87 bits per heavy atom. The Bertz CT molecular complexity index is 1180. The highest BCUT2D eigenvalue weighted by molar-refractivity contribution is 6.10. The fraction of sp³-hybridized carbons (Fsp3) is 0.304. The molecule has 152 valence electrons. The van der Waals surface area contributed by atoms with Crippen molar-refractivity contribution in [2.75, 3.05) is 0 Å². The molecule has 1 unspecified atom stereocenters. The standard InChI is InChI=1S/C23H22N4O3/c28-19-11-10-18(23(30)25-19)24-22(29)17-7-3-6-16-20(26-27-21(16)17)15-9-8-13-4-1-2-5-14(13)12-15/h3,6-9,12,18H,1-2,4-5,10-11H2,(H,24,29)(H,26,27)(H,25,28,30). The smallest absolute Gasteiger partial charge is 0.254 e. The van der Waals surface area contributed by atoms with Crippen molar-refractivity contribution in [2.45, 2.75) is 44.6 Å². The molecule has 0 spiro atoms. The summed E-state index contributed by atoms with van der Waals surface area (Å²) in [5.41, 5.74) is 5.69. The number of carbonyl (C=O) groups is 3. The van der Waals surface area contributed by atoms with Crippen molar-refractivity contribution >= 4 is 28.6 Å². The summed E-state index contributed by atoms with van der Waals surface area (Å²) in [6.07, 6.45) is 5.18. The van der Waals surface area contributed by atoms with E-state index in [0.29, 0.717) is 17.5 Å². The fourth-order valence-corrected chi connectivity index (χ4v) is 4.40. The van der Waals surface area contributed by atoms with Gasteiger partial charge in [0.15, 0.2) is 0 Å². The summed E-state index contributed by atoms with van der Waals surface area (Å²) >= 11 is 0. The Morgan fingerprint density at radius 1 is 1.03 bits per heavy atom. The summed E-state index contributed by atoms with van der Waals surface area (Å²) in [4.78, 5) is 36.2. The van der Waals surface area contributed by atoms with Crippen LogP contribution in [0.3, 0.4) is 0 Å². The summed E-state index contributed by atoms with van der Waals surface area (Å²) in [5.74, 6) is -1.14. The predicted octanol–water partition coefficient (Wildman–Crippen LogP) is 2.64. The van der Waals surface area contributed by atoms with Crippen LogP contribution in [-0.4, -0.2) is 34.0 Å². The molecule has 30 heavy (non-hydrogen) atoms. The second kappa shape index (κ2) is 7.40. The number of H-pyrrole nitrogens is 1. The molecule has 7 nitrogen and oxygen atoms in total. The first kappa shape index (κ1) is 18.5. The van der Waals surface area contributed by atoms with Gasteiger partial charge < -0.3 is 5.32 Å². The number of para-hydroxylation sites is 1. The van der Waals surface area contributed by atoms with Crippen LogP contribution in [0.1, 0.15) is 47.2 Å². The summed E-state index contributed by atoms with van der Waals surface area (Å²) in [7, 11) is 0. The van der Waals surface area contributed by atoms with Crippen molar-refractivity contribution in [1.82, 2.24) is 20.8 Å². The molecular weight excluding hydrogens is 380 g/mol. The highest BCUT2D eigenvalue weighted by Gasteiger charge is 2.28. The Hall–Kier alpha value is -3.48. The van der Waals surface area contributed by atoms with Crippen molar-refractivity contribution in [3.05, 3.63) is 53.1 Å². The van der Waals surface area contributed by atoms with Gasteiger partial charge in [0.1, 0.15) is 6.04 Å². The van der Waals surface area contributed by atoms with Crippen LogP contribution in [0.15, 0.2) is 36.4 Å². The molecule has 2 heterocycles. The lowest BCUT2D eigenvalue weighted by atomic mass is 9.89. The van der Waals surface area contributed by atoms with Gasteiger partial charge in [-0.2, -0.15) is 5.10 Å². The maximum absolute atomic E-state index is 12.9. The summed E-state index contributed by atoms with van der Waals surface area (Å²) < 4.78 is 0. The topological polar surface area (TPSA) is 104 Å². The molecule has 1 aromatic heterocycles. The number of fused-ring (bicyclic) bond motifs is 2. The molecule has 3 amide bonds. The number of hydrogen-bond donors (Lipinski definition) is 3. The molecule has 3 N–H and O–H groups in total. The molecule has 1 aliphatic carbocycles. The van der Waals surface area contributed by atoms with Gasteiger partial charge in [-0.05, 0) is 55.4 Å². The number of nitrogens with one attached hydrogen (secondary N) is 3. The van der Waals surface area contributed by atoms with Crippen molar-refractivity contribution in [3.8, 4) is 11.3 Å². The Morgan fingerprint density at radius 3 is 2.70 bits per heavy atom. The average molecular weight is 402 g/mol. The quantitative estimate of drug-likeness (QED) is 0.586. The first-order valence-electron chi connectivity index (χ1n) is 10.3. The molecule has 3 aromatic rings. The summed E-state index contributed by atoms with van der Waals surface area (Å²) in [6.45, 7) is 0. The Balaban J connectivity index is 1.46.